The number of hydrogen-bond donors (Lipinski definition) is 1. The molecule has 2 heterocycles. The highest BCUT2D eigenvalue weighted by Crippen LogP contribution is 2.45. The van der Waals surface area contributed by atoms with Crippen LogP contribution in [0.3, 0.4) is 0 Å². The predicted molar refractivity (Wildman–Crippen MR) is 93.1 cm³/mol. The van der Waals surface area contributed by atoms with Crippen molar-refractivity contribution in [3.8, 4) is 11.4 Å². The molecule has 2 aromatic rings. The molecule has 0 saturated heterocycles. The highest BCUT2D eigenvalue weighted by molar-refractivity contribution is 5.66. The minimum atomic E-state index is -4.66. The van der Waals surface area contributed by atoms with Crippen molar-refractivity contribution in [2.75, 3.05) is 6.54 Å². The van der Waals surface area contributed by atoms with Gasteiger partial charge in [-0.2, -0.15) is 13.2 Å². The van der Waals surface area contributed by atoms with E-state index in [9.17, 15) is 23.1 Å². The molecule has 1 amide bonds. The lowest BCUT2D eigenvalue weighted by Crippen LogP contribution is -2.43. The molecule has 0 aliphatic carbocycles. The van der Waals surface area contributed by atoms with Gasteiger partial charge in [-0.1, -0.05) is 51.1 Å². The summed E-state index contributed by atoms with van der Waals surface area (Å²) in [5, 5.41) is 9.42. The molecule has 1 aromatic carbocycles. The standard InChI is InChI=1S/C19H20F3N3O2/c1-18(2,3)12-9-25(17(26)27)10-13-14(12)15(19(20,21)22)24-16(23-13)11-7-5-4-6-8-11/h4-8,12H,9-10H2,1-3H3,(H,26,27). The van der Waals surface area contributed by atoms with Gasteiger partial charge in [0, 0.05) is 23.6 Å². The number of aromatic nitrogens is 2. The Morgan fingerprint density at radius 3 is 2.30 bits per heavy atom. The van der Waals surface area contributed by atoms with Gasteiger partial charge in [0.05, 0.1) is 12.2 Å². The van der Waals surface area contributed by atoms with Crippen LogP contribution in [0, 0.1) is 5.41 Å². The van der Waals surface area contributed by atoms with Crippen LogP contribution in [0.4, 0.5) is 18.0 Å². The maximum atomic E-state index is 13.9. The summed E-state index contributed by atoms with van der Waals surface area (Å²) in [6, 6.07) is 8.37. The zero-order valence-electron chi connectivity index (χ0n) is 15.2. The van der Waals surface area contributed by atoms with Crippen molar-refractivity contribution in [2.24, 2.45) is 5.41 Å². The van der Waals surface area contributed by atoms with E-state index in [4.69, 9.17) is 0 Å². The molecule has 3 rings (SSSR count). The maximum Gasteiger partial charge on any atom is 0.433 e. The van der Waals surface area contributed by atoms with E-state index in [1.54, 1.807) is 51.1 Å². The third-order valence-electron chi connectivity index (χ3n) is 4.73. The summed E-state index contributed by atoms with van der Waals surface area (Å²) in [5.41, 5.74) is -1.00. The number of halogens is 3. The van der Waals surface area contributed by atoms with Crippen molar-refractivity contribution in [3.05, 3.63) is 47.3 Å². The summed E-state index contributed by atoms with van der Waals surface area (Å²) < 4.78 is 41.6. The molecule has 0 spiro atoms. The highest BCUT2D eigenvalue weighted by Gasteiger charge is 2.45. The first-order chi connectivity index (χ1) is 12.5. The van der Waals surface area contributed by atoms with Gasteiger partial charge in [-0.3, -0.25) is 0 Å². The van der Waals surface area contributed by atoms with E-state index < -0.39 is 29.3 Å². The molecule has 0 saturated carbocycles. The fraction of sp³-hybridized carbons (Fsp3) is 0.421. The normalized spacial score (nSPS) is 17.6. The molecule has 0 bridgehead atoms. The minimum absolute atomic E-state index is 0.00665. The fourth-order valence-corrected chi connectivity index (χ4v) is 3.34. The number of benzene rings is 1. The van der Waals surface area contributed by atoms with Crippen LogP contribution in [0.2, 0.25) is 0 Å². The second kappa shape index (κ2) is 6.51. The monoisotopic (exact) mass is 379 g/mol. The lowest BCUT2D eigenvalue weighted by molar-refractivity contribution is -0.142. The van der Waals surface area contributed by atoms with Gasteiger partial charge in [0.25, 0.3) is 0 Å². The molecule has 1 N–H and O–H groups in total. The molecule has 1 unspecified atom stereocenters. The predicted octanol–water partition coefficient (Wildman–Crippen LogP) is 4.79. The first kappa shape index (κ1) is 19.1. The molecule has 0 radical (unpaired) electrons. The Bertz CT molecular complexity index is 861. The van der Waals surface area contributed by atoms with E-state index in [0.29, 0.717) is 5.56 Å². The van der Waals surface area contributed by atoms with E-state index in [-0.39, 0.29) is 30.2 Å². The molecule has 1 aliphatic rings. The van der Waals surface area contributed by atoms with E-state index >= 15 is 0 Å². The molecule has 1 aromatic heterocycles. The van der Waals surface area contributed by atoms with Gasteiger partial charge in [-0.05, 0) is 5.41 Å². The summed E-state index contributed by atoms with van der Waals surface area (Å²) in [4.78, 5) is 20.8. The number of rotatable bonds is 1. The smallest absolute Gasteiger partial charge is 0.433 e. The minimum Gasteiger partial charge on any atom is -0.465 e. The van der Waals surface area contributed by atoms with Crippen LogP contribution in [-0.4, -0.2) is 32.6 Å². The number of alkyl halides is 3. The van der Waals surface area contributed by atoms with Gasteiger partial charge in [-0.15, -0.1) is 0 Å². The summed E-state index contributed by atoms with van der Waals surface area (Å²) in [6.07, 6.45) is -5.84. The van der Waals surface area contributed by atoms with Crippen molar-refractivity contribution in [1.29, 1.82) is 0 Å². The van der Waals surface area contributed by atoms with Gasteiger partial charge in [0.1, 0.15) is 0 Å². The second-order valence-electron chi connectivity index (χ2n) is 7.70. The van der Waals surface area contributed by atoms with Crippen LogP contribution in [-0.2, 0) is 12.7 Å². The zero-order chi connectivity index (χ0) is 20.0. The Kier molecular flexibility index (Phi) is 4.61. The lowest BCUT2D eigenvalue weighted by atomic mass is 9.73. The Labute approximate surface area is 154 Å². The summed E-state index contributed by atoms with van der Waals surface area (Å²) >= 11 is 0. The molecule has 1 aliphatic heterocycles. The average Bonchev–Trinajstić information content (AvgIpc) is 2.58. The van der Waals surface area contributed by atoms with Crippen LogP contribution >= 0.6 is 0 Å². The molecular weight excluding hydrogens is 359 g/mol. The van der Waals surface area contributed by atoms with Gasteiger partial charge in [0.2, 0.25) is 0 Å². The van der Waals surface area contributed by atoms with Crippen molar-refractivity contribution in [2.45, 2.75) is 39.4 Å². The van der Waals surface area contributed by atoms with Crippen molar-refractivity contribution < 1.29 is 23.1 Å². The van der Waals surface area contributed by atoms with E-state index in [0.717, 1.165) is 4.90 Å². The van der Waals surface area contributed by atoms with Gasteiger partial charge < -0.3 is 10.0 Å². The van der Waals surface area contributed by atoms with E-state index in [1.165, 1.54) is 0 Å². The molecule has 5 nitrogen and oxygen atoms in total. The molecule has 27 heavy (non-hydrogen) atoms. The third kappa shape index (κ3) is 3.74. The van der Waals surface area contributed by atoms with Crippen molar-refractivity contribution in [1.82, 2.24) is 14.9 Å². The Morgan fingerprint density at radius 2 is 1.78 bits per heavy atom. The first-order valence-corrected chi connectivity index (χ1v) is 8.50. The van der Waals surface area contributed by atoms with Crippen LogP contribution in [0.1, 0.15) is 43.6 Å². The molecular formula is C19H20F3N3O2. The quantitative estimate of drug-likeness (QED) is 0.774. The number of amides is 1. The van der Waals surface area contributed by atoms with Crippen LogP contribution < -0.4 is 0 Å². The van der Waals surface area contributed by atoms with Crippen molar-refractivity contribution in [3.63, 3.8) is 0 Å². The topological polar surface area (TPSA) is 66.3 Å². The molecule has 1 atom stereocenters. The molecule has 144 valence electrons. The number of nitrogens with zero attached hydrogens (tertiary/aromatic N) is 3. The largest absolute Gasteiger partial charge is 0.465 e. The Balaban J connectivity index is 2.28. The summed E-state index contributed by atoms with van der Waals surface area (Å²) in [7, 11) is 0. The van der Waals surface area contributed by atoms with Crippen LogP contribution in [0.25, 0.3) is 11.4 Å². The first-order valence-electron chi connectivity index (χ1n) is 8.50. The van der Waals surface area contributed by atoms with Gasteiger partial charge in [-0.25, -0.2) is 14.8 Å². The third-order valence-corrected chi connectivity index (χ3v) is 4.73. The van der Waals surface area contributed by atoms with Crippen molar-refractivity contribution >= 4 is 6.09 Å². The molecule has 0 fully saturated rings. The number of hydrogen-bond acceptors (Lipinski definition) is 3. The Hall–Kier alpha value is -2.64. The summed E-state index contributed by atoms with van der Waals surface area (Å²) in [6.45, 7) is 5.15. The summed E-state index contributed by atoms with van der Waals surface area (Å²) in [5.74, 6) is -0.722. The molecule has 8 heteroatoms. The van der Waals surface area contributed by atoms with Crippen LogP contribution in [0.5, 0.6) is 0 Å². The lowest BCUT2D eigenvalue weighted by Gasteiger charge is -2.40. The van der Waals surface area contributed by atoms with E-state index in [2.05, 4.69) is 9.97 Å². The zero-order valence-corrected chi connectivity index (χ0v) is 15.2. The SMILES string of the molecule is CC(C)(C)C1CN(C(=O)O)Cc2nc(-c3ccccc3)nc(C(F)(F)F)c21. The maximum absolute atomic E-state index is 13.9. The average molecular weight is 379 g/mol. The number of fused-ring (bicyclic) bond motifs is 1. The van der Waals surface area contributed by atoms with Crippen LogP contribution in [0.15, 0.2) is 30.3 Å². The van der Waals surface area contributed by atoms with Gasteiger partial charge in [0.15, 0.2) is 11.5 Å². The Morgan fingerprint density at radius 1 is 1.15 bits per heavy atom. The number of carbonyl (C=O) groups is 1. The highest BCUT2D eigenvalue weighted by atomic mass is 19.4. The van der Waals surface area contributed by atoms with Gasteiger partial charge >= 0.3 is 12.3 Å². The van der Waals surface area contributed by atoms with E-state index in [1.807, 2.05) is 0 Å². The second-order valence-corrected chi connectivity index (χ2v) is 7.70. The fourth-order valence-electron chi connectivity index (χ4n) is 3.34. The number of carboxylic acid groups (broad SMARTS) is 1.